The maximum Gasteiger partial charge on any atom is 0.173 e. The summed E-state index contributed by atoms with van der Waals surface area (Å²) in [6.07, 6.45) is 8.15. The number of hydrogen-bond acceptors (Lipinski definition) is 4. The predicted octanol–water partition coefficient (Wildman–Crippen LogP) is 4.28. The molecular formula is C23H35FN2O2. The molecule has 0 aromatic heterocycles. The van der Waals surface area contributed by atoms with Gasteiger partial charge >= 0.3 is 0 Å². The van der Waals surface area contributed by atoms with Crippen LogP contribution >= 0.6 is 0 Å². The summed E-state index contributed by atoms with van der Waals surface area (Å²) >= 11 is 0. The molecule has 4 nitrogen and oxygen atoms in total. The zero-order valence-electron chi connectivity index (χ0n) is 17.4. The van der Waals surface area contributed by atoms with Crippen LogP contribution in [0.1, 0.15) is 71.6 Å². The Balaban J connectivity index is 1.31. The van der Waals surface area contributed by atoms with Crippen LogP contribution in [0.3, 0.4) is 0 Å². The van der Waals surface area contributed by atoms with Gasteiger partial charge < -0.3 is 10.2 Å². The van der Waals surface area contributed by atoms with Crippen LogP contribution in [0.4, 0.5) is 4.39 Å². The van der Waals surface area contributed by atoms with Crippen LogP contribution in [-0.4, -0.2) is 36.9 Å². The van der Waals surface area contributed by atoms with Crippen molar-refractivity contribution < 1.29 is 14.0 Å². The fraction of sp³-hybridized carbons (Fsp3) is 0.913. The standard InChI is InChI=1S/C23H35FN2O2/c1-22-8-5-15(26-28-16-7-10-25-13-16)11-14(22)3-4-17-18(22)6-9-23(2)19(17)12-20(24)21(23)27/h14,16-20,25H,3-13H2,1-2H3. The van der Waals surface area contributed by atoms with Gasteiger partial charge in [0.05, 0.1) is 5.71 Å². The molecule has 8 unspecified atom stereocenters. The Hall–Kier alpha value is -0.970. The molecular weight excluding hydrogens is 355 g/mol. The van der Waals surface area contributed by atoms with Crippen LogP contribution in [0.25, 0.3) is 0 Å². The Morgan fingerprint density at radius 1 is 1.14 bits per heavy atom. The number of rotatable bonds is 2. The Kier molecular flexibility index (Phi) is 4.61. The van der Waals surface area contributed by atoms with E-state index >= 15 is 0 Å². The van der Waals surface area contributed by atoms with Crippen molar-refractivity contribution in [2.75, 3.05) is 13.1 Å². The molecule has 4 aliphatic carbocycles. The summed E-state index contributed by atoms with van der Waals surface area (Å²) in [6, 6.07) is 0. The second-order valence-electron chi connectivity index (χ2n) is 10.8. The van der Waals surface area contributed by atoms with Crippen molar-refractivity contribution >= 4 is 11.5 Å². The first-order chi connectivity index (χ1) is 13.4. The number of halogens is 1. The number of carbonyl (C=O) groups is 1. The van der Waals surface area contributed by atoms with Crippen molar-refractivity contribution in [2.24, 2.45) is 39.7 Å². The number of carbonyl (C=O) groups excluding carboxylic acids is 1. The van der Waals surface area contributed by atoms with Gasteiger partial charge in [-0.25, -0.2) is 4.39 Å². The second-order valence-corrected chi connectivity index (χ2v) is 10.8. The number of oxime groups is 1. The Morgan fingerprint density at radius 2 is 2.00 bits per heavy atom. The van der Waals surface area contributed by atoms with Crippen molar-refractivity contribution in [1.82, 2.24) is 5.32 Å². The van der Waals surface area contributed by atoms with E-state index in [4.69, 9.17) is 4.84 Å². The Labute approximate surface area is 168 Å². The zero-order valence-corrected chi connectivity index (χ0v) is 17.4. The van der Waals surface area contributed by atoms with Crippen LogP contribution in [0, 0.1) is 34.5 Å². The summed E-state index contributed by atoms with van der Waals surface area (Å²) < 4.78 is 14.3. The summed E-state index contributed by atoms with van der Waals surface area (Å²) in [7, 11) is 0. The molecule has 1 aliphatic heterocycles. The van der Waals surface area contributed by atoms with E-state index in [1.165, 1.54) is 18.6 Å². The molecule has 5 heteroatoms. The molecule has 0 spiro atoms. The van der Waals surface area contributed by atoms with Crippen molar-refractivity contribution in [2.45, 2.75) is 83.9 Å². The molecule has 0 bridgehead atoms. The van der Waals surface area contributed by atoms with Crippen molar-refractivity contribution in [3.05, 3.63) is 0 Å². The van der Waals surface area contributed by atoms with Crippen LogP contribution in [0.5, 0.6) is 0 Å². The highest BCUT2D eigenvalue weighted by Crippen LogP contribution is 2.65. The Morgan fingerprint density at radius 3 is 2.79 bits per heavy atom. The lowest BCUT2D eigenvalue weighted by atomic mass is 9.45. The SMILES string of the molecule is CC12CCC3C(CCC4CC(=NOC5CCNC5)CCC43C)C1CC(F)C2=O. The summed E-state index contributed by atoms with van der Waals surface area (Å²) in [4.78, 5) is 18.3. The van der Waals surface area contributed by atoms with E-state index in [0.717, 1.165) is 51.6 Å². The molecule has 1 saturated heterocycles. The van der Waals surface area contributed by atoms with Gasteiger partial charge in [-0.1, -0.05) is 19.0 Å². The molecule has 8 atom stereocenters. The molecule has 0 amide bonds. The first-order valence-corrected chi connectivity index (χ1v) is 11.5. The maximum absolute atomic E-state index is 14.3. The van der Waals surface area contributed by atoms with Gasteiger partial charge in [-0.15, -0.1) is 0 Å². The van der Waals surface area contributed by atoms with Crippen LogP contribution in [0.2, 0.25) is 0 Å². The third kappa shape index (κ3) is 2.79. The summed E-state index contributed by atoms with van der Waals surface area (Å²) in [5.74, 6) is 2.00. The average Bonchev–Trinajstić information content (AvgIpc) is 3.28. The van der Waals surface area contributed by atoms with Crippen LogP contribution < -0.4 is 5.32 Å². The fourth-order valence-corrected chi connectivity index (χ4v) is 7.76. The molecule has 0 aromatic carbocycles. The molecule has 28 heavy (non-hydrogen) atoms. The van der Waals surface area contributed by atoms with Gasteiger partial charge in [0.25, 0.3) is 0 Å². The van der Waals surface area contributed by atoms with Gasteiger partial charge in [-0.2, -0.15) is 0 Å². The highest BCUT2D eigenvalue weighted by molar-refractivity contribution is 5.91. The van der Waals surface area contributed by atoms with Gasteiger partial charge in [0.1, 0.15) is 6.10 Å². The lowest BCUT2D eigenvalue weighted by molar-refractivity contribution is -0.139. The third-order valence-corrected chi connectivity index (χ3v) is 9.54. The lowest BCUT2D eigenvalue weighted by Gasteiger charge is -2.59. The van der Waals surface area contributed by atoms with Gasteiger partial charge in [0, 0.05) is 18.4 Å². The van der Waals surface area contributed by atoms with Crippen molar-refractivity contribution in [3.63, 3.8) is 0 Å². The summed E-state index contributed by atoms with van der Waals surface area (Å²) in [5.41, 5.74) is 1.16. The van der Waals surface area contributed by atoms with Crippen molar-refractivity contribution in [3.8, 4) is 0 Å². The fourth-order valence-electron chi connectivity index (χ4n) is 7.76. The van der Waals surface area contributed by atoms with Crippen LogP contribution in [-0.2, 0) is 9.63 Å². The lowest BCUT2D eigenvalue weighted by Crippen LogP contribution is -2.53. The zero-order chi connectivity index (χ0) is 19.5. The summed E-state index contributed by atoms with van der Waals surface area (Å²) in [6.45, 7) is 6.49. The first-order valence-electron chi connectivity index (χ1n) is 11.5. The van der Waals surface area contributed by atoms with E-state index in [-0.39, 0.29) is 17.8 Å². The van der Waals surface area contributed by atoms with E-state index in [0.29, 0.717) is 29.6 Å². The van der Waals surface area contributed by atoms with Gasteiger partial charge in [-0.3, -0.25) is 4.79 Å². The minimum Gasteiger partial charge on any atom is -0.391 e. The van der Waals surface area contributed by atoms with E-state index in [1.54, 1.807) is 0 Å². The average molecular weight is 391 g/mol. The van der Waals surface area contributed by atoms with Gasteiger partial charge in [-0.05, 0) is 87.0 Å². The monoisotopic (exact) mass is 390 g/mol. The number of nitrogens with zero attached hydrogens (tertiary/aromatic N) is 1. The minimum absolute atomic E-state index is 0.0974. The number of Topliss-reactive ketones (excluding diaryl/α,β-unsaturated/α-hetero) is 1. The highest BCUT2D eigenvalue weighted by atomic mass is 19.1. The molecule has 4 saturated carbocycles. The van der Waals surface area contributed by atoms with E-state index < -0.39 is 11.6 Å². The molecule has 5 aliphatic rings. The van der Waals surface area contributed by atoms with Gasteiger partial charge in [0.2, 0.25) is 0 Å². The molecule has 5 fully saturated rings. The number of fused-ring (bicyclic) bond motifs is 5. The Bertz CT molecular complexity index is 676. The molecule has 1 N–H and O–H groups in total. The number of alkyl halides is 1. The minimum atomic E-state index is -1.22. The molecule has 5 rings (SSSR count). The first kappa shape index (κ1) is 19.0. The predicted molar refractivity (Wildman–Crippen MR) is 107 cm³/mol. The maximum atomic E-state index is 14.3. The van der Waals surface area contributed by atoms with E-state index in [1.807, 2.05) is 0 Å². The normalized spacial score (nSPS) is 52.2. The largest absolute Gasteiger partial charge is 0.391 e. The topological polar surface area (TPSA) is 50.7 Å². The second kappa shape index (κ2) is 6.78. The number of nitrogens with one attached hydrogen (secondary N) is 1. The quantitative estimate of drug-likeness (QED) is 0.716. The van der Waals surface area contributed by atoms with Crippen LogP contribution in [0.15, 0.2) is 5.16 Å². The molecule has 156 valence electrons. The smallest absolute Gasteiger partial charge is 0.173 e. The number of ketones is 1. The third-order valence-electron chi connectivity index (χ3n) is 9.54. The van der Waals surface area contributed by atoms with Crippen molar-refractivity contribution in [1.29, 1.82) is 0 Å². The van der Waals surface area contributed by atoms with E-state index in [9.17, 15) is 9.18 Å². The number of hydrogen-bond donors (Lipinski definition) is 1. The van der Waals surface area contributed by atoms with Gasteiger partial charge in [0.15, 0.2) is 12.0 Å². The molecule has 0 aromatic rings. The molecule has 1 heterocycles. The van der Waals surface area contributed by atoms with E-state index in [2.05, 4.69) is 24.3 Å². The summed E-state index contributed by atoms with van der Waals surface area (Å²) in [5, 5.41) is 7.88. The highest BCUT2D eigenvalue weighted by Gasteiger charge is 2.62. The molecule has 0 radical (unpaired) electrons.